The normalized spacial score (nSPS) is 16.5. The van der Waals surface area contributed by atoms with Crippen LogP contribution in [-0.2, 0) is 9.53 Å². The van der Waals surface area contributed by atoms with Gasteiger partial charge in [0.25, 0.3) is 0 Å². The highest BCUT2D eigenvalue weighted by molar-refractivity contribution is 5.75. The number of hydrogen-bond acceptors (Lipinski definition) is 4. The van der Waals surface area contributed by atoms with E-state index < -0.39 is 17.7 Å². The molecule has 0 aliphatic carbocycles. The summed E-state index contributed by atoms with van der Waals surface area (Å²) >= 11 is 0. The second-order valence-corrected chi connectivity index (χ2v) is 4.06. The molecule has 0 rings (SSSR count). The predicted octanol–water partition coefficient (Wildman–Crippen LogP) is 0.297. The molecule has 4 nitrogen and oxygen atoms in total. The zero-order valence-electron chi connectivity index (χ0n) is 8.92. The number of carbonyl (C=O) groups excluding carboxylic acids is 1. The lowest BCUT2D eigenvalue weighted by molar-refractivity contribution is -0.166. The molecular weight excluding hydrogens is 170 g/mol. The summed E-state index contributed by atoms with van der Waals surface area (Å²) in [7, 11) is 1.68. The van der Waals surface area contributed by atoms with Crippen LogP contribution in [0, 0.1) is 0 Å². The predicted molar refractivity (Wildman–Crippen MR) is 50.4 cm³/mol. The van der Waals surface area contributed by atoms with Gasteiger partial charge in [-0.3, -0.25) is 0 Å². The zero-order chi connectivity index (χ0) is 10.6. The summed E-state index contributed by atoms with van der Waals surface area (Å²) in [6.07, 6.45) is -1.11. The van der Waals surface area contributed by atoms with E-state index in [1.165, 1.54) is 0 Å². The van der Waals surface area contributed by atoms with Crippen LogP contribution >= 0.6 is 0 Å². The molecular formula is C9H19NO3. The fraction of sp³-hybridized carbons (Fsp3) is 0.889. The van der Waals surface area contributed by atoms with Crippen LogP contribution in [0.5, 0.6) is 0 Å². The zero-order valence-corrected chi connectivity index (χ0v) is 8.92. The number of carbonyl (C=O) groups is 1. The quantitative estimate of drug-likeness (QED) is 0.627. The van der Waals surface area contributed by atoms with Gasteiger partial charge in [0.2, 0.25) is 0 Å². The Morgan fingerprint density at radius 2 is 1.92 bits per heavy atom. The van der Waals surface area contributed by atoms with E-state index in [4.69, 9.17) is 4.74 Å². The minimum absolute atomic E-state index is 0.296. The third-order valence-electron chi connectivity index (χ3n) is 1.58. The average molecular weight is 189 g/mol. The fourth-order valence-corrected chi connectivity index (χ4v) is 0.724. The van der Waals surface area contributed by atoms with Crippen LogP contribution in [0.25, 0.3) is 0 Å². The molecule has 0 fully saturated rings. The van der Waals surface area contributed by atoms with Gasteiger partial charge < -0.3 is 15.2 Å². The lowest BCUT2D eigenvalue weighted by Crippen LogP contribution is -2.43. The summed E-state index contributed by atoms with van der Waals surface area (Å²) in [5.41, 5.74) is -0.550. The molecule has 0 saturated heterocycles. The molecule has 0 bridgehead atoms. The molecule has 0 heterocycles. The Morgan fingerprint density at radius 3 is 2.23 bits per heavy atom. The van der Waals surface area contributed by atoms with Crippen molar-refractivity contribution in [3.63, 3.8) is 0 Å². The van der Waals surface area contributed by atoms with Crippen molar-refractivity contribution in [2.45, 2.75) is 45.4 Å². The van der Waals surface area contributed by atoms with Gasteiger partial charge in [-0.05, 0) is 34.7 Å². The van der Waals surface area contributed by atoms with E-state index in [0.717, 1.165) is 0 Å². The summed E-state index contributed by atoms with van der Waals surface area (Å²) in [6, 6.07) is -0.296. The summed E-state index contributed by atoms with van der Waals surface area (Å²) < 4.78 is 4.99. The first-order chi connectivity index (χ1) is 5.78. The van der Waals surface area contributed by atoms with E-state index >= 15 is 0 Å². The number of aliphatic hydroxyl groups is 1. The first-order valence-corrected chi connectivity index (χ1v) is 4.36. The second-order valence-electron chi connectivity index (χ2n) is 4.06. The molecule has 0 radical (unpaired) electrons. The summed E-state index contributed by atoms with van der Waals surface area (Å²) in [5.74, 6) is -0.589. The Bertz CT molecular complexity index is 174. The molecule has 0 amide bonds. The number of ether oxygens (including phenoxy) is 1. The van der Waals surface area contributed by atoms with Crippen LogP contribution in [0.15, 0.2) is 0 Å². The summed E-state index contributed by atoms with van der Waals surface area (Å²) in [5, 5.41) is 12.2. The van der Waals surface area contributed by atoms with E-state index in [-0.39, 0.29) is 6.04 Å². The maximum Gasteiger partial charge on any atom is 0.337 e. The Labute approximate surface area is 79.3 Å². The van der Waals surface area contributed by atoms with Gasteiger partial charge in [0.1, 0.15) is 5.60 Å². The van der Waals surface area contributed by atoms with Gasteiger partial charge in [0.15, 0.2) is 6.10 Å². The van der Waals surface area contributed by atoms with Crippen molar-refractivity contribution in [2.24, 2.45) is 0 Å². The molecule has 2 atom stereocenters. The van der Waals surface area contributed by atoms with Gasteiger partial charge in [-0.2, -0.15) is 0 Å². The van der Waals surface area contributed by atoms with E-state index in [9.17, 15) is 9.90 Å². The first-order valence-electron chi connectivity index (χ1n) is 4.36. The number of esters is 1. The molecule has 4 heteroatoms. The third kappa shape index (κ3) is 4.85. The molecule has 2 N–H and O–H groups in total. The maximum atomic E-state index is 11.2. The molecule has 13 heavy (non-hydrogen) atoms. The lowest BCUT2D eigenvalue weighted by atomic mass is 10.1. The number of rotatable bonds is 3. The molecule has 0 aromatic heterocycles. The minimum Gasteiger partial charge on any atom is -0.458 e. The molecule has 0 saturated carbocycles. The molecule has 0 aliphatic rings. The summed E-state index contributed by atoms with van der Waals surface area (Å²) in [4.78, 5) is 11.2. The van der Waals surface area contributed by atoms with Crippen molar-refractivity contribution < 1.29 is 14.6 Å². The van der Waals surface area contributed by atoms with Crippen molar-refractivity contribution in [3.8, 4) is 0 Å². The number of hydrogen-bond donors (Lipinski definition) is 2. The largest absolute Gasteiger partial charge is 0.458 e. The Morgan fingerprint density at radius 1 is 1.46 bits per heavy atom. The van der Waals surface area contributed by atoms with Crippen LogP contribution < -0.4 is 5.32 Å². The highest BCUT2D eigenvalue weighted by Crippen LogP contribution is 2.09. The van der Waals surface area contributed by atoms with Crippen LogP contribution in [-0.4, -0.2) is 35.9 Å². The molecule has 0 aromatic rings. The molecule has 0 aromatic carbocycles. The van der Waals surface area contributed by atoms with Gasteiger partial charge in [0.05, 0.1) is 0 Å². The van der Waals surface area contributed by atoms with Crippen molar-refractivity contribution in [2.75, 3.05) is 7.05 Å². The van der Waals surface area contributed by atoms with Crippen molar-refractivity contribution in [3.05, 3.63) is 0 Å². The second kappa shape index (κ2) is 4.58. The van der Waals surface area contributed by atoms with E-state index in [1.807, 2.05) is 0 Å². The van der Waals surface area contributed by atoms with Crippen molar-refractivity contribution >= 4 is 5.97 Å². The SMILES string of the molecule is CN[C@@H](C)C(O)C(=O)OC(C)(C)C. The van der Waals surface area contributed by atoms with E-state index in [2.05, 4.69) is 5.32 Å². The highest BCUT2D eigenvalue weighted by Gasteiger charge is 2.26. The topological polar surface area (TPSA) is 58.6 Å². The number of likely N-dealkylation sites (N-methyl/N-ethyl adjacent to an activating group) is 1. The van der Waals surface area contributed by atoms with Crippen LogP contribution in [0.2, 0.25) is 0 Å². The van der Waals surface area contributed by atoms with Crippen molar-refractivity contribution in [1.29, 1.82) is 0 Å². The number of aliphatic hydroxyl groups excluding tert-OH is 1. The van der Waals surface area contributed by atoms with Gasteiger partial charge in [0, 0.05) is 6.04 Å². The molecule has 1 unspecified atom stereocenters. The van der Waals surface area contributed by atoms with Crippen molar-refractivity contribution in [1.82, 2.24) is 5.32 Å². The lowest BCUT2D eigenvalue weighted by Gasteiger charge is -2.24. The van der Waals surface area contributed by atoms with Crippen LogP contribution in [0.1, 0.15) is 27.7 Å². The Kier molecular flexibility index (Phi) is 4.36. The fourth-order valence-electron chi connectivity index (χ4n) is 0.724. The highest BCUT2D eigenvalue weighted by atomic mass is 16.6. The average Bonchev–Trinajstić information content (AvgIpc) is 1.98. The monoisotopic (exact) mass is 189 g/mol. The van der Waals surface area contributed by atoms with Crippen LogP contribution in [0.4, 0.5) is 0 Å². The smallest absolute Gasteiger partial charge is 0.337 e. The van der Waals surface area contributed by atoms with Gasteiger partial charge in [-0.25, -0.2) is 4.79 Å². The molecule has 0 aliphatic heterocycles. The van der Waals surface area contributed by atoms with Crippen LogP contribution in [0.3, 0.4) is 0 Å². The third-order valence-corrected chi connectivity index (χ3v) is 1.58. The van der Waals surface area contributed by atoms with E-state index in [1.54, 1.807) is 34.7 Å². The maximum absolute atomic E-state index is 11.2. The standard InChI is InChI=1S/C9H19NO3/c1-6(10-5)7(11)8(12)13-9(2,3)4/h6-7,10-11H,1-5H3/t6-,7?/m0/s1. The van der Waals surface area contributed by atoms with E-state index in [0.29, 0.717) is 0 Å². The Hall–Kier alpha value is -0.610. The van der Waals surface area contributed by atoms with Gasteiger partial charge in [-0.15, -0.1) is 0 Å². The first kappa shape index (κ1) is 12.4. The Balaban J connectivity index is 4.12. The molecule has 0 spiro atoms. The van der Waals surface area contributed by atoms with Gasteiger partial charge >= 0.3 is 5.97 Å². The minimum atomic E-state index is -1.11. The van der Waals surface area contributed by atoms with Gasteiger partial charge in [-0.1, -0.05) is 0 Å². The number of nitrogens with one attached hydrogen (secondary N) is 1. The summed E-state index contributed by atoms with van der Waals surface area (Å²) in [6.45, 7) is 7.01. The molecule has 78 valence electrons.